The highest BCUT2D eigenvalue weighted by atomic mass is 16.5. The van der Waals surface area contributed by atoms with Crippen LogP contribution >= 0.6 is 0 Å². The standard InChI is InChI=1S/C15H31NO3/c1-4-15(5-2,6-3)16-10-13(17)11-18-12-14-8-7-9-19-14/h13-14,16-17H,4-12H2,1-3H3. The van der Waals surface area contributed by atoms with Crippen molar-refractivity contribution in [1.29, 1.82) is 0 Å². The Balaban J connectivity index is 2.13. The smallest absolute Gasteiger partial charge is 0.0897 e. The summed E-state index contributed by atoms with van der Waals surface area (Å²) in [5, 5.41) is 13.4. The molecule has 1 aliphatic heterocycles. The van der Waals surface area contributed by atoms with Crippen LogP contribution in [0.5, 0.6) is 0 Å². The van der Waals surface area contributed by atoms with Crippen LogP contribution in [-0.2, 0) is 9.47 Å². The van der Waals surface area contributed by atoms with E-state index in [1.54, 1.807) is 0 Å². The molecule has 0 radical (unpaired) electrons. The fourth-order valence-corrected chi connectivity index (χ4v) is 2.63. The van der Waals surface area contributed by atoms with Gasteiger partial charge < -0.3 is 19.9 Å². The SMILES string of the molecule is CCC(CC)(CC)NCC(O)COCC1CCCO1. The largest absolute Gasteiger partial charge is 0.389 e. The zero-order valence-corrected chi connectivity index (χ0v) is 12.8. The molecule has 2 N–H and O–H groups in total. The molecule has 0 bridgehead atoms. The van der Waals surface area contributed by atoms with E-state index in [-0.39, 0.29) is 11.6 Å². The molecule has 1 aliphatic rings. The van der Waals surface area contributed by atoms with E-state index in [1.807, 2.05) is 0 Å². The topological polar surface area (TPSA) is 50.7 Å². The Bertz CT molecular complexity index is 217. The van der Waals surface area contributed by atoms with Gasteiger partial charge in [-0.05, 0) is 32.1 Å². The average Bonchev–Trinajstić information content (AvgIpc) is 2.94. The molecule has 1 fully saturated rings. The summed E-state index contributed by atoms with van der Waals surface area (Å²) in [5.41, 5.74) is 0.162. The number of aliphatic hydroxyl groups excluding tert-OH is 1. The molecule has 0 aliphatic carbocycles. The third-order valence-electron chi connectivity index (χ3n) is 4.38. The predicted octanol–water partition coefficient (Wildman–Crippen LogP) is 2.10. The van der Waals surface area contributed by atoms with Crippen LogP contribution in [0.2, 0.25) is 0 Å². The Morgan fingerprint density at radius 2 is 2.00 bits per heavy atom. The van der Waals surface area contributed by atoms with Gasteiger partial charge in [-0.2, -0.15) is 0 Å². The Morgan fingerprint density at radius 1 is 1.32 bits per heavy atom. The first-order chi connectivity index (χ1) is 9.15. The second kappa shape index (κ2) is 8.90. The van der Waals surface area contributed by atoms with Crippen molar-refractivity contribution in [3.8, 4) is 0 Å². The normalized spacial score (nSPS) is 21.8. The molecule has 0 amide bonds. The molecule has 0 aromatic rings. The van der Waals surface area contributed by atoms with E-state index in [1.165, 1.54) is 0 Å². The molecule has 4 nitrogen and oxygen atoms in total. The van der Waals surface area contributed by atoms with Gasteiger partial charge in [0.25, 0.3) is 0 Å². The van der Waals surface area contributed by atoms with Gasteiger partial charge in [0.1, 0.15) is 0 Å². The van der Waals surface area contributed by atoms with Crippen molar-refractivity contribution in [3.05, 3.63) is 0 Å². The van der Waals surface area contributed by atoms with Gasteiger partial charge in [-0.1, -0.05) is 20.8 Å². The van der Waals surface area contributed by atoms with Crippen molar-refractivity contribution in [2.45, 2.75) is 70.6 Å². The number of aliphatic hydroxyl groups is 1. The van der Waals surface area contributed by atoms with Crippen LogP contribution in [0.1, 0.15) is 52.9 Å². The molecule has 19 heavy (non-hydrogen) atoms. The lowest BCUT2D eigenvalue weighted by Gasteiger charge is -2.33. The molecule has 0 aromatic heterocycles. The van der Waals surface area contributed by atoms with Gasteiger partial charge in [0.2, 0.25) is 0 Å². The molecule has 1 heterocycles. The zero-order chi connectivity index (χ0) is 14.1. The Hall–Kier alpha value is -0.160. The molecule has 2 atom stereocenters. The Morgan fingerprint density at radius 3 is 2.53 bits per heavy atom. The van der Waals surface area contributed by atoms with Crippen LogP contribution < -0.4 is 5.32 Å². The minimum Gasteiger partial charge on any atom is -0.389 e. The molecular formula is C15H31NO3. The monoisotopic (exact) mass is 273 g/mol. The van der Waals surface area contributed by atoms with Crippen LogP contribution in [0.4, 0.5) is 0 Å². The number of hydrogen-bond acceptors (Lipinski definition) is 4. The summed E-state index contributed by atoms with van der Waals surface area (Å²) < 4.78 is 11.0. The molecule has 1 rings (SSSR count). The van der Waals surface area contributed by atoms with Gasteiger partial charge in [0.15, 0.2) is 0 Å². The van der Waals surface area contributed by atoms with Crippen LogP contribution in [0.25, 0.3) is 0 Å². The Kier molecular flexibility index (Phi) is 7.91. The highest BCUT2D eigenvalue weighted by molar-refractivity contribution is 4.84. The van der Waals surface area contributed by atoms with Gasteiger partial charge in [0, 0.05) is 18.7 Å². The van der Waals surface area contributed by atoms with Crippen molar-refractivity contribution >= 4 is 0 Å². The van der Waals surface area contributed by atoms with Crippen molar-refractivity contribution in [1.82, 2.24) is 5.32 Å². The van der Waals surface area contributed by atoms with E-state index < -0.39 is 6.10 Å². The summed E-state index contributed by atoms with van der Waals surface area (Å²) in [6.07, 6.45) is 5.27. The average molecular weight is 273 g/mol. The number of β-amino-alcohol motifs (C(OH)–C–C–N with tert-alkyl or cyclic N) is 1. The summed E-state index contributed by atoms with van der Waals surface area (Å²) in [4.78, 5) is 0. The van der Waals surface area contributed by atoms with E-state index in [9.17, 15) is 5.11 Å². The summed E-state index contributed by atoms with van der Waals surface area (Å²) in [5.74, 6) is 0. The second-order valence-electron chi connectivity index (χ2n) is 5.55. The van der Waals surface area contributed by atoms with Crippen LogP contribution in [0.3, 0.4) is 0 Å². The maximum absolute atomic E-state index is 9.94. The molecule has 114 valence electrons. The van der Waals surface area contributed by atoms with Crippen LogP contribution in [0.15, 0.2) is 0 Å². The van der Waals surface area contributed by atoms with E-state index in [4.69, 9.17) is 9.47 Å². The van der Waals surface area contributed by atoms with E-state index in [0.717, 1.165) is 38.7 Å². The van der Waals surface area contributed by atoms with E-state index >= 15 is 0 Å². The summed E-state index contributed by atoms with van der Waals surface area (Å²) >= 11 is 0. The Labute approximate surface area is 117 Å². The predicted molar refractivity (Wildman–Crippen MR) is 77.4 cm³/mol. The van der Waals surface area contributed by atoms with Gasteiger partial charge in [-0.3, -0.25) is 0 Å². The quantitative estimate of drug-likeness (QED) is 0.640. The van der Waals surface area contributed by atoms with Crippen LogP contribution in [0, 0.1) is 0 Å². The molecule has 1 saturated heterocycles. The highest BCUT2D eigenvalue weighted by Crippen LogP contribution is 2.19. The minimum absolute atomic E-state index is 0.162. The first-order valence-electron chi connectivity index (χ1n) is 7.78. The third-order valence-corrected chi connectivity index (χ3v) is 4.38. The highest BCUT2D eigenvalue weighted by Gasteiger charge is 2.24. The molecule has 0 aromatic carbocycles. The number of nitrogens with one attached hydrogen (secondary N) is 1. The molecule has 4 heteroatoms. The van der Waals surface area contributed by atoms with Crippen LogP contribution in [-0.4, -0.2) is 49.2 Å². The number of rotatable bonds is 10. The third kappa shape index (κ3) is 5.78. The first-order valence-corrected chi connectivity index (χ1v) is 7.78. The summed E-state index contributed by atoms with van der Waals surface area (Å²) in [6, 6.07) is 0. The molecule has 0 saturated carbocycles. The summed E-state index contributed by atoms with van der Waals surface area (Å²) in [7, 11) is 0. The minimum atomic E-state index is -0.439. The van der Waals surface area contributed by atoms with Gasteiger partial charge >= 0.3 is 0 Å². The lowest BCUT2D eigenvalue weighted by Crippen LogP contribution is -2.47. The fourth-order valence-electron chi connectivity index (χ4n) is 2.63. The second-order valence-corrected chi connectivity index (χ2v) is 5.55. The van der Waals surface area contributed by atoms with Gasteiger partial charge in [-0.15, -0.1) is 0 Å². The molecular weight excluding hydrogens is 242 g/mol. The molecule has 0 spiro atoms. The maximum Gasteiger partial charge on any atom is 0.0897 e. The fraction of sp³-hybridized carbons (Fsp3) is 1.00. The molecule has 2 unspecified atom stereocenters. The lowest BCUT2D eigenvalue weighted by molar-refractivity contribution is -0.0183. The van der Waals surface area contributed by atoms with Crippen molar-refractivity contribution in [3.63, 3.8) is 0 Å². The number of hydrogen-bond donors (Lipinski definition) is 2. The zero-order valence-electron chi connectivity index (χ0n) is 12.8. The van der Waals surface area contributed by atoms with E-state index in [2.05, 4.69) is 26.1 Å². The van der Waals surface area contributed by atoms with Crippen molar-refractivity contribution in [2.24, 2.45) is 0 Å². The number of ether oxygens (including phenoxy) is 2. The van der Waals surface area contributed by atoms with Gasteiger partial charge in [0.05, 0.1) is 25.4 Å². The van der Waals surface area contributed by atoms with E-state index in [0.29, 0.717) is 19.8 Å². The first kappa shape index (κ1) is 16.9. The van der Waals surface area contributed by atoms with Crippen molar-refractivity contribution < 1.29 is 14.6 Å². The van der Waals surface area contributed by atoms with Gasteiger partial charge in [-0.25, -0.2) is 0 Å². The van der Waals surface area contributed by atoms with Crippen molar-refractivity contribution in [2.75, 3.05) is 26.4 Å². The lowest BCUT2D eigenvalue weighted by atomic mass is 9.90. The maximum atomic E-state index is 9.94. The summed E-state index contributed by atoms with van der Waals surface area (Å²) in [6.45, 7) is 9.03.